The summed E-state index contributed by atoms with van der Waals surface area (Å²) in [4.78, 5) is 12.4. The highest BCUT2D eigenvalue weighted by atomic mass is 16.5. The van der Waals surface area contributed by atoms with Gasteiger partial charge < -0.3 is 18.9 Å². The monoisotopic (exact) mass is 456 g/mol. The number of esters is 1. The molecule has 7 heteroatoms. The van der Waals surface area contributed by atoms with E-state index in [1.54, 1.807) is 14.2 Å². The Kier molecular flexibility index (Phi) is 5.91. The Balaban J connectivity index is 1.48. The second-order valence-electron chi connectivity index (χ2n) is 7.96. The molecule has 2 heterocycles. The highest BCUT2D eigenvalue weighted by molar-refractivity contribution is 5.80. The Hall–Kier alpha value is -4.26. The quantitative estimate of drug-likeness (QED) is 0.389. The van der Waals surface area contributed by atoms with Crippen LogP contribution in [0.2, 0.25) is 0 Å². The van der Waals surface area contributed by atoms with Gasteiger partial charge in [-0.3, -0.25) is 9.89 Å². The van der Waals surface area contributed by atoms with Crippen molar-refractivity contribution < 1.29 is 23.7 Å². The molecule has 4 aromatic rings. The van der Waals surface area contributed by atoms with E-state index in [9.17, 15) is 4.79 Å². The molecule has 1 N–H and O–H groups in total. The van der Waals surface area contributed by atoms with Gasteiger partial charge in [-0.1, -0.05) is 36.4 Å². The Labute approximate surface area is 197 Å². The van der Waals surface area contributed by atoms with E-state index in [1.807, 2.05) is 72.8 Å². The first kappa shape index (κ1) is 21.6. The van der Waals surface area contributed by atoms with Crippen molar-refractivity contribution >= 4 is 5.97 Å². The van der Waals surface area contributed by atoms with Crippen LogP contribution in [-0.2, 0) is 11.4 Å². The summed E-state index contributed by atoms with van der Waals surface area (Å²) < 4.78 is 22.3. The fraction of sp³-hybridized carbons (Fsp3) is 0.185. The molecule has 5 rings (SSSR count). The number of carbonyl (C=O) groups is 1. The van der Waals surface area contributed by atoms with E-state index in [-0.39, 0.29) is 18.3 Å². The van der Waals surface area contributed by atoms with E-state index in [0.29, 0.717) is 24.0 Å². The van der Waals surface area contributed by atoms with Crippen molar-refractivity contribution in [2.24, 2.45) is 0 Å². The molecule has 0 fully saturated rings. The minimum atomic E-state index is -0.325. The number of rotatable bonds is 7. The number of methoxy groups -OCH3 is 2. The molecule has 172 valence electrons. The number of nitrogens with zero attached hydrogens (tertiary/aromatic N) is 1. The van der Waals surface area contributed by atoms with Gasteiger partial charge in [0.2, 0.25) is 5.88 Å². The van der Waals surface area contributed by atoms with Gasteiger partial charge in [0, 0.05) is 11.5 Å². The molecule has 34 heavy (non-hydrogen) atoms. The van der Waals surface area contributed by atoms with Crippen molar-refractivity contribution in [3.05, 3.63) is 89.5 Å². The Morgan fingerprint density at radius 3 is 2.50 bits per heavy atom. The van der Waals surface area contributed by atoms with E-state index in [1.165, 1.54) is 0 Å². The second kappa shape index (κ2) is 9.31. The molecule has 0 saturated heterocycles. The molecule has 7 nitrogen and oxygen atoms in total. The number of hydrogen-bond donors (Lipinski definition) is 1. The van der Waals surface area contributed by atoms with E-state index in [4.69, 9.17) is 18.9 Å². The summed E-state index contributed by atoms with van der Waals surface area (Å²) in [6, 6.07) is 23.4. The van der Waals surface area contributed by atoms with Gasteiger partial charge in [0.25, 0.3) is 0 Å². The van der Waals surface area contributed by atoms with Crippen LogP contribution < -0.4 is 18.9 Å². The highest BCUT2D eigenvalue weighted by Crippen LogP contribution is 2.44. The SMILES string of the molecule is COc1ccc(-c2[nH]nc3c2[C@H](c2ccc(OCc4ccccc4)c(OC)c2)CC(=O)O3)cc1. The standard InChI is InChI=1S/C27H24N2O5/c1-31-20-11-8-18(9-12-20)26-25-21(15-24(30)34-27(25)29-28-26)19-10-13-22(23(14-19)32-2)33-16-17-6-4-3-5-7-17/h3-14,21H,15-16H2,1-2H3,(H,28,29)/t21-/m0/s1. The summed E-state index contributed by atoms with van der Waals surface area (Å²) in [7, 11) is 3.23. The number of ether oxygens (including phenoxy) is 4. The number of fused-ring (bicyclic) bond motifs is 1. The predicted molar refractivity (Wildman–Crippen MR) is 126 cm³/mol. The predicted octanol–water partition coefficient (Wildman–Crippen LogP) is 5.11. The minimum Gasteiger partial charge on any atom is -0.497 e. The Bertz CT molecular complexity index is 1300. The zero-order valence-corrected chi connectivity index (χ0v) is 18.9. The molecule has 0 aliphatic carbocycles. The molecule has 3 aromatic carbocycles. The number of aromatic nitrogens is 2. The molecule has 0 radical (unpaired) electrons. The van der Waals surface area contributed by atoms with Gasteiger partial charge in [-0.25, -0.2) is 0 Å². The van der Waals surface area contributed by atoms with E-state index in [2.05, 4.69) is 10.2 Å². The lowest BCUT2D eigenvalue weighted by Gasteiger charge is -2.23. The molecule has 1 aliphatic heterocycles. The van der Waals surface area contributed by atoms with Crippen molar-refractivity contribution in [2.75, 3.05) is 14.2 Å². The molecule has 1 aliphatic rings. The minimum absolute atomic E-state index is 0.197. The molecule has 1 atom stereocenters. The second-order valence-corrected chi connectivity index (χ2v) is 7.96. The normalized spacial score (nSPS) is 14.8. The number of nitrogens with one attached hydrogen (secondary N) is 1. The molecule has 0 saturated carbocycles. The number of carbonyl (C=O) groups excluding carboxylic acids is 1. The van der Waals surface area contributed by atoms with Crippen molar-refractivity contribution in [3.63, 3.8) is 0 Å². The van der Waals surface area contributed by atoms with Crippen LogP contribution in [0.15, 0.2) is 72.8 Å². The average Bonchev–Trinajstić information content (AvgIpc) is 3.31. The highest BCUT2D eigenvalue weighted by Gasteiger charge is 2.34. The summed E-state index contributed by atoms with van der Waals surface area (Å²) in [6.45, 7) is 0.430. The van der Waals surface area contributed by atoms with Crippen molar-refractivity contribution in [2.45, 2.75) is 18.9 Å². The van der Waals surface area contributed by atoms with Gasteiger partial charge in [0.05, 0.1) is 31.9 Å². The smallest absolute Gasteiger partial charge is 0.313 e. The average molecular weight is 456 g/mol. The fourth-order valence-electron chi connectivity index (χ4n) is 4.17. The van der Waals surface area contributed by atoms with Gasteiger partial charge in [-0.15, -0.1) is 5.10 Å². The van der Waals surface area contributed by atoms with E-state index in [0.717, 1.165) is 33.7 Å². The third kappa shape index (κ3) is 4.20. The van der Waals surface area contributed by atoms with Crippen LogP contribution in [0.3, 0.4) is 0 Å². The third-order valence-corrected chi connectivity index (χ3v) is 5.90. The third-order valence-electron chi connectivity index (χ3n) is 5.90. The van der Waals surface area contributed by atoms with Gasteiger partial charge >= 0.3 is 5.97 Å². The van der Waals surface area contributed by atoms with Crippen LogP contribution in [0.1, 0.15) is 29.0 Å². The molecular weight excluding hydrogens is 432 g/mol. The lowest BCUT2D eigenvalue weighted by molar-refractivity contribution is -0.135. The Morgan fingerprint density at radius 1 is 0.971 bits per heavy atom. The van der Waals surface area contributed by atoms with Crippen LogP contribution in [0, 0.1) is 0 Å². The topological polar surface area (TPSA) is 82.7 Å². The first-order valence-corrected chi connectivity index (χ1v) is 10.9. The summed E-state index contributed by atoms with van der Waals surface area (Å²) in [6.07, 6.45) is 0.197. The number of hydrogen-bond acceptors (Lipinski definition) is 6. The van der Waals surface area contributed by atoms with Crippen molar-refractivity contribution in [1.29, 1.82) is 0 Å². The molecule has 0 unspecified atom stereocenters. The molecule has 0 bridgehead atoms. The summed E-state index contributed by atoms with van der Waals surface area (Å²) in [5.74, 6) is 1.73. The first-order valence-electron chi connectivity index (χ1n) is 10.9. The van der Waals surface area contributed by atoms with Crippen LogP contribution in [-0.4, -0.2) is 30.4 Å². The molecular formula is C27H24N2O5. The zero-order chi connectivity index (χ0) is 23.5. The summed E-state index contributed by atoms with van der Waals surface area (Å²) in [5.41, 5.74) is 4.55. The van der Waals surface area contributed by atoms with E-state index >= 15 is 0 Å². The zero-order valence-electron chi connectivity index (χ0n) is 18.9. The van der Waals surface area contributed by atoms with Crippen molar-refractivity contribution in [1.82, 2.24) is 10.2 Å². The van der Waals surface area contributed by atoms with Gasteiger partial charge in [0.15, 0.2) is 11.5 Å². The maximum absolute atomic E-state index is 12.4. The maximum Gasteiger partial charge on any atom is 0.313 e. The number of H-pyrrole nitrogens is 1. The fourth-order valence-corrected chi connectivity index (χ4v) is 4.17. The van der Waals surface area contributed by atoms with Crippen LogP contribution in [0.25, 0.3) is 11.3 Å². The maximum atomic E-state index is 12.4. The van der Waals surface area contributed by atoms with E-state index < -0.39 is 0 Å². The Morgan fingerprint density at radius 2 is 1.76 bits per heavy atom. The molecule has 0 amide bonds. The largest absolute Gasteiger partial charge is 0.497 e. The summed E-state index contributed by atoms with van der Waals surface area (Å²) >= 11 is 0. The molecule has 0 spiro atoms. The van der Waals surface area contributed by atoms with Crippen LogP contribution >= 0.6 is 0 Å². The van der Waals surface area contributed by atoms with Gasteiger partial charge in [-0.05, 0) is 47.5 Å². The number of aromatic amines is 1. The van der Waals surface area contributed by atoms with Crippen LogP contribution in [0.4, 0.5) is 0 Å². The van der Waals surface area contributed by atoms with Crippen LogP contribution in [0.5, 0.6) is 23.1 Å². The lowest BCUT2D eigenvalue weighted by atomic mass is 9.85. The molecule has 1 aromatic heterocycles. The number of benzene rings is 3. The van der Waals surface area contributed by atoms with Gasteiger partial charge in [0.1, 0.15) is 12.4 Å². The first-order chi connectivity index (χ1) is 16.7. The van der Waals surface area contributed by atoms with Gasteiger partial charge in [-0.2, -0.15) is 0 Å². The lowest BCUT2D eigenvalue weighted by Crippen LogP contribution is -2.21. The van der Waals surface area contributed by atoms with Crippen molar-refractivity contribution in [3.8, 4) is 34.4 Å². The summed E-state index contributed by atoms with van der Waals surface area (Å²) in [5, 5.41) is 7.31.